The van der Waals surface area contributed by atoms with E-state index in [1.165, 1.54) is 33.5 Å². The Morgan fingerprint density at radius 2 is 2.10 bits per heavy atom. The van der Waals surface area contributed by atoms with Crippen molar-refractivity contribution < 1.29 is 13.2 Å². The molecule has 0 atom stereocenters. The number of carbonyl (C=O) groups excluding carboxylic acids is 1. The fourth-order valence-corrected chi connectivity index (χ4v) is 6.00. The minimum Gasteiger partial charge on any atom is -0.296 e. The molecule has 1 aliphatic rings. The molecule has 1 aromatic carbocycles. The van der Waals surface area contributed by atoms with Gasteiger partial charge in [-0.3, -0.25) is 10.1 Å². The van der Waals surface area contributed by atoms with Crippen LogP contribution in [0, 0.1) is 12.8 Å². The van der Waals surface area contributed by atoms with E-state index >= 15 is 0 Å². The van der Waals surface area contributed by atoms with Crippen molar-refractivity contribution in [3.63, 3.8) is 0 Å². The average molecular weight is 453 g/mol. The van der Waals surface area contributed by atoms with Gasteiger partial charge in [0.2, 0.25) is 15.2 Å². The number of rotatable bonds is 7. The molecule has 1 N–H and O–H groups in total. The first-order chi connectivity index (χ1) is 13.8. The minimum atomic E-state index is -3.62. The van der Waals surface area contributed by atoms with Gasteiger partial charge < -0.3 is 0 Å². The third-order valence-electron chi connectivity index (χ3n) is 4.79. The van der Waals surface area contributed by atoms with Crippen LogP contribution in [0.5, 0.6) is 0 Å². The first kappa shape index (κ1) is 21.9. The maximum atomic E-state index is 13.0. The standard InChI is InChI=1S/C19H24N4O3S3/c1-4-11-27-19-22-21-18(28-19)20-17(24)16-12-15(6-5-14(16)3)29(25,26)23-9-7-13(2)8-10-23/h4-6,12-13H,1,7-11H2,2-3H3,(H,20,21,24). The minimum absolute atomic E-state index is 0.141. The number of nitrogens with zero attached hydrogens (tertiary/aromatic N) is 3. The average Bonchev–Trinajstić information content (AvgIpc) is 3.14. The van der Waals surface area contributed by atoms with Gasteiger partial charge >= 0.3 is 0 Å². The second-order valence-corrected chi connectivity index (χ2v) is 11.2. The highest BCUT2D eigenvalue weighted by Gasteiger charge is 2.29. The predicted octanol–water partition coefficient (Wildman–Crippen LogP) is 3.80. The van der Waals surface area contributed by atoms with Gasteiger partial charge in [-0.25, -0.2) is 8.42 Å². The summed E-state index contributed by atoms with van der Waals surface area (Å²) in [5, 5.41) is 11.1. The Morgan fingerprint density at radius 1 is 1.38 bits per heavy atom. The van der Waals surface area contributed by atoms with Crippen LogP contribution in [0.4, 0.5) is 5.13 Å². The third-order valence-corrected chi connectivity index (χ3v) is 8.65. The van der Waals surface area contributed by atoms with Crippen LogP contribution in [0.1, 0.15) is 35.7 Å². The molecule has 0 unspecified atom stereocenters. The molecule has 0 spiro atoms. The summed E-state index contributed by atoms with van der Waals surface area (Å²) in [7, 11) is -3.62. The lowest BCUT2D eigenvalue weighted by Gasteiger charge is -2.29. The Kier molecular flexibility index (Phi) is 7.10. The van der Waals surface area contributed by atoms with Gasteiger partial charge in [0.25, 0.3) is 5.91 Å². The van der Waals surface area contributed by atoms with E-state index in [4.69, 9.17) is 0 Å². The van der Waals surface area contributed by atoms with Crippen LogP contribution < -0.4 is 5.32 Å². The number of nitrogens with one attached hydrogen (secondary N) is 1. The number of hydrogen-bond donors (Lipinski definition) is 1. The summed E-state index contributed by atoms with van der Waals surface area (Å²) in [6.45, 7) is 8.59. The van der Waals surface area contributed by atoms with E-state index in [0.29, 0.717) is 41.0 Å². The lowest BCUT2D eigenvalue weighted by Crippen LogP contribution is -2.38. The Morgan fingerprint density at radius 3 is 2.79 bits per heavy atom. The van der Waals surface area contributed by atoms with E-state index in [1.54, 1.807) is 25.1 Å². The Bertz CT molecular complexity index is 996. The highest BCUT2D eigenvalue weighted by atomic mass is 32.2. The van der Waals surface area contributed by atoms with Crippen molar-refractivity contribution >= 4 is 44.2 Å². The van der Waals surface area contributed by atoms with Crippen LogP contribution in [0.25, 0.3) is 0 Å². The van der Waals surface area contributed by atoms with Gasteiger partial charge in [-0.15, -0.1) is 16.8 Å². The number of anilines is 1. The summed E-state index contributed by atoms with van der Waals surface area (Å²) < 4.78 is 28.2. The first-order valence-electron chi connectivity index (χ1n) is 9.30. The zero-order valence-electron chi connectivity index (χ0n) is 16.4. The second kappa shape index (κ2) is 9.38. The van der Waals surface area contributed by atoms with Crippen LogP contribution in [0.2, 0.25) is 0 Å². The van der Waals surface area contributed by atoms with E-state index in [-0.39, 0.29) is 4.90 Å². The van der Waals surface area contributed by atoms with Crippen LogP contribution >= 0.6 is 23.1 Å². The molecule has 1 saturated heterocycles. The van der Waals surface area contributed by atoms with Crippen molar-refractivity contribution in [3.05, 3.63) is 42.0 Å². The van der Waals surface area contributed by atoms with Crippen molar-refractivity contribution in [2.75, 3.05) is 24.2 Å². The topological polar surface area (TPSA) is 92.3 Å². The summed E-state index contributed by atoms with van der Waals surface area (Å²) in [5.41, 5.74) is 1.01. The van der Waals surface area contributed by atoms with Crippen LogP contribution in [0.15, 0.2) is 40.1 Å². The van der Waals surface area contributed by atoms with Gasteiger partial charge in [0.1, 0.15) is 0 Å². The number of sulfonamides is 1. The zero-order valence-corrected chi connectivity index (χ0v) is 18.9. The first-order valence-corrected chi connectivity index (χ1v) is 12.5. The van der Waals surface area contributed by atoms with Gasteiger partial charge in [0.15, 0.2) is 4.34 Å². The van der Waals surface area contributed by atoms with Gasteiger partial charge in [0.05, 0.1) is 4.90 Å². The molecule has 3 rings (SSSR count). The number of hydrogen-bond acceptors (Lipinski definition) is 7. The Labute approximate surface area is 179 Å². The zero-order chi connectivity index (χ0) is 21.0. The normalized spacial score (nSPS) is 15.9. The van der Waals surface area contributed by atoms with E-state index < -0.39 is 15.9 Å². The molecule has 10 heteroatoms. The summed E-state index contributed by atoms with van der Waals surface area (Å²) >= 11 is 2.75. The van der Waals surface area contributed by atoms with Crippen molar-refractivity contribution in [1.29, 1.82) is 0 Å². The molecule has 29 heavy (non-hydrogen) atoms. The summed E-state index contributed by atoms with van der Waals surface area (Å²) in [5.74, 6) is 0.835. The molecular weight excluding hydrogens is 428 g/mol. The molecule has 1 fully saturated rings. The summed E-state index contributed by atoms with van der Waals surface area (Å²) in [4.78, 5) is 12.9. The number of amides is 1. The van der Waals surface area contributed by atoms with Crippen LogP contribution in [0.3, 0.4) is 0 Å². The number of benzene rings is 1. The maximum Gasteiger partial charge on any atom is 0.257 e. The van der Waals surface area contributed by atoms with E-state index in [9.17, 15) is 13.2 Å². The van der Waals surface area contributed by atoms with E-state index in [1.807, 2.05) is 0 Å². The Hall–Kier alpha value is -1.75. The fraction of sp³-hybridized carbons (Fsp3) is 0.421. The highest BCUT2D eigenvalue weighted by Crippen LogP contribution is 2.27. The molecule has 1 amide bonds. The molecule has 156 valence electrons. The fourth-order valence-electron chi connectivity index (χ4n) is 2.99. The van der Waals surface area contributed by atoms with Gasteiger partial charge in [0, 0.05) is 24.4 Å². The molecule has 0 saturated carbocycles. The molecular formula is C19H24N4O3S3. The van der Waals surface area contributed by atoms with E-state index in [0.717, 1.165) is 17.2 Å². The SMILES string of the molecule is C=CCSc1nnc(NC(=O)c2cc(S(=O)(=O)N3CCC(C)CC3)ccc2C)s1. The van der Waals surface area contributed by atoms with Crippen molar-refractivity contribution in [2.24, 2.45) is 5.92 Å². The maximum absolute atomic E-state index is 13.0. The number of aromatic nitrogens is 2. The number of thioether (sulfide) groups is 1. The number of carbonyl (C=O) groups is 1. The largest absolute Gasteiger partial charge is 0.296 e. The van der Waals surface area contributed by atoms with Gasteiger partial charge in [-0.05, 0) is 43.4 Å². The molecule has 0 bridgehead atoms. The van der Waals surface area contributed by atoms with Gasteiger partial charge in [-0.1, -0.05) is 42.2 Å². The van der Waals surface area contributed by atoms with Crippen LogP contribution in [-0.4, -0.2) is 47.7 Å². The molecule has 0 aliphatic carbocycles. The summed E-state index contributed by atoms with van der Waals surface area (Å²) in [6.07, 6.45) is 3.46. The van der Waals surface area contributed by atoms with Crippen LogP contribution in [-0.2, 0) is 10.0 Å². The van der Waals surface area contributed by atoms with Crippen molar-refractivity contribution in [3.8, 4) is 0 Å². The van der Waals surface area contributed by atoms with Crippen molar-refractivity contribution in [2.45, 2.75) is 35.9 Å². The lowest BCUT2D eigenvalue weighted by molar-refractivity contribution is 0.102. The third kappa shape index (κ3) is 5.25. The molecule has 2 aromatic rings. The van der Waals surface area contributed by atoms with E-state index in [2.05, 4.69) is 29.0 Å². The second-order valence-electron chi connectivity index (χ2n) is 6.99. The molecule has 1 aromatic heterocycles. The van der Waals surface area contributed by atoms with Crippen molar-refractivity contribution in [1.82, 2.24) is 14.5 Å². The Balaban J connectivity index is 1.78. The number of aryl methyl sites for hydroxylation is 1. The van der Waals surface area contributed by atoms with Gasteiger partial charge in [-0.2, -0.15) is 4.31 Å². The molecule has 0 radical (unpaired) electrons. The molecule has 1 aliphatic heterocycles. The lowest BCUT2D eigenvalue weighted by atomic mass is 10.0. The summed E-state index contributed by atoms with van der Waals surface area (Å²) in [6, 6.07) is 4.68. The quantitative estimate of drug-likeness (QED) is 0.390. The smallest absolute Gasteiger partial charge is 0.257 e. The number of piperidine rings is 1. The predicted molar refractivity (Wildman–Crippen MR) is 117 cm³/mol. The molecule has 7 nitrogen and oxygen atoms in total. The molecule has 2 heterocycles. The highest BCUT2D eigenvalue weighted by molar-refractivity contribution is 8.01. The monoisotopic (exact) mass is 452 g/mol.